The first-order valence-electron chi connectivity index (χ1n) is 12.3. The summed E-state index contributed by atoms with van der Waals surface area (Å²) in [6, 6.07) is 11.3. The molecule has 2 aromatic heterocycles. The Morgan fingerprint density at radius 3 is 2.62 bits per heavy atom. The van der Waals surface area contributed by atoms with Crippen LogP contribution in [-0.2, 0) is 4.79 Å². The van der Waals surface area contributed by atoms with Crippen LogP contribution in [0.25, 0.3) is 33.1 Å². The molecule has 3 heterocycles. The van der Waals surface area contributed by atoms with Crippen LogP contribution in [0.1, 0.15) is 55.2 Å². The van der Waals surface area contributed by atoms with Gasteiger partial charge in [0.25, 0.3) is 0 Å². The zero-order valence-electron chi connectivity index (χ0n) is 20.9. The van der Waals surface area contributed by atoms with Gasteiger partial charge in [0.1, 0.15) is 0 Å². The summed E-state index contributed by atoms with van der Waals surface area (Å²) >= 11 is 0. The molecule has 0 spiro atoms. The van der Waals surface area contributed by atoms with Crippen molar-refractivity contribution in [2.45, 2.75) is 45.4 Å². The number of fused-ring (bicyclic) bond motifs is 2. The van der Waals surface area contributed by atoms with Gasteiger partial charge in [-0.05, 0) is 74.5 Å². The van der Waals surface area contributed by atoms with Crippen molar-refractivity contribution in [3.05, 3.63) is 53.2 Å². The predicted molar refractivity (Wildman–Crippen MR) is 139 cm³/mol. The molecule has 5 rings (SSSR count). The fourth-order valence-corrected chi connectivity index (χ4v) is 5.52. The molecular weight excluding hydrogens is 422 g/mol. The second-order valence-electron chi connectivity index (χ2n) is 10.4. The van der Waals surface area contributed by atoms with E-state index >= 15 is 0 Å². The quantitative estimate of drug-likeness (QED) is 0.421. The molecular formula is C28H35N5O. The van der Waals surface area contributed by atoms with Crippen molar-refractivity contribution in [1.82, 2.24) is 25.0 Å². The Morgan fingerprint density at radius 2 is 1.91 bits per heavy atom. The molecule has 1 aliphatic rings. The molecule has 0 unspecified atom stereocenters. The molecule has 0 aliphatic carbocycles. The Bertz CT molecular complexity index is 1340. The number of nitrogens with one attached hydrogen (secondary N) is 2. The molecule has 0 atom stereocenters. The van der Waals surface area contributed by atoms with E-state index in [9.17, 15) is 4.79 Å². The second kappa shape index (κ2) is 8.91. The first-order valence-corrected chi connectivity index (χ1v) is 12.3. The van der Waals surface area contributed by atoms with E-state index in [-0.39, 0.29) is 5.91 Å². The van der Waals surface area contributed by atoms with Gasteiger partial charge in [-0.1, -0.05) is 32.0 Å². The predicted octanol–water partition coefficient (Wildman–Crippen LogP) is 5.41. The molecule has 6 heteroatoms. The van der Waals surface area contributed by atoms with Crippen LogP contribution in [0.4, 0.5) is 0 Å². The van der Waals surface area contributed by atoms with Gasteiger partial charge in [-0.3, -0.25) is 9.89 Å². The summed E-state index contributed by atoms with van der Waals surface area (Å²) in [6.45, 7) is 8.83. The summed E-state index contributed by atoms with van der Waals surface area (Å²) in [6.07, 6.45) is 3.98. The van der Waals surface area contributed by atoms with Crippen LogP contribution in [0.2, 0.25) is 0 Å². The monoisotopic (exact) mass is 457 g/mol. The molecule has 1 aliphatic heterocycles. The van der Waals surface area contributed by atoms with E-state index in [1.807, 2.05) is 30.1 Å². The number of benzene rings is 2. The third-order valence-electron chi connectivity index (χ3n) is 7.30. The molecule has 0 radical (unpaired) electrons. The molecule has 34 heavy (non-hydrogen) atoms. The minimum Gasteiger partial charge on any atom is -0.354 e. The topological polar surface area (TPSA) is 68.0 Å². The van der Waals surface area contributed by atoms with Crippen molar-refractivity contribution in [2.75, 3.05) is 33.7 Å². The molecule has 2 N–H and O–H groups in total. The maximum Gasteiger partial charge on any atom is 0.236 e. The number of aromatic nitrogens is 3. The lowest BCUT2D eigenvalue weighted by Gasteiger charge is -2.33. The summed E-state index contributed by atoms with van der Waals surface area (Å²) in [5.41, 5.74) is 8.62. The first-order chi connectivity index (χ1) is 16.3. The van der Waals surface area contributed by atoms with E-state index in [0.717, 1.165) is 36.8 Å². The van der Waals surface area contributed by atoms with Crippen molar-refractivity contribution >= 4 is 27.7 Å². The van der Waals surface area contributed by atoms with E-state index in [2.05, 4.69) is 66.3 Å². The lowest BCUT2D eigenvalue weighted by atomic mass is 9.87. The van der Waals surface area contributed by atoms with Gasteiger partial charge >= 0.3 is 0 Å². The number of likely N-dealkylation sites (tertiary alicyclic amines) is 1. The largest absolute Gasteiger partial charge is 0.354 e. The zero-order chi connectivity index (χ0) is 24.0. The highest BCUT2D eigenvalue weighted by atomic mass is 16.2. The number of hydrogen-bond acceptors (Lipinski definition) is 3. The Morgan fingerprint density at radius 1 is 1.15 bits per heavy atom. The van der Waals surface area contributed by atoms with Gasteiger partial charge in [-0.2, -0.15) is 5.10 Å². The highest BCUT2D eigenvalue weighted by molar-refractivity contribution is 6.00. The minimum absolute atomic E-state index is 0.236. The van der Waals surface area contributed by atoms with Crippen LogP contribution in [0, 0.1) is 6.92 Å². The SMILES string of the molecule is Cc1ccc(-c2[nH]c3ccc(C4CCN(C(=O)CN(C)C)CC4)cc3c2C(C)C)c2cn[nH]c12. The van der Waals surface area contributed by atoms with Crippen molar-refractivity contribution in [3.63, 3.8) is 0 Å². The van der Waals surface area contributed by atoms with Gasteiger partial charge in [0.2, 0.25) is 5.91 Å². The van der Waals surface area contributed by atoms with Gasteiger partial charge in [0.05, 0.1) is 24.0 Å². The number of amides is 1. The van der Waals surface area contributed by atoms with Crippen molar-refractivity contribution in [2.24, 2.45) is 0 Å². The Hall–Kier alpha value is -3.12. The van der Waals surface area contributed by atoms with E-state index < -0.39 is 0 Å². The number of likely N-dealkylation sites (N-methyl/N-ethyl adjacent to an activating group) is 1. The lowest BCUT2D eigenvalue weighted by Crippen LogP contribution is -2.42. The maximum absolute atomic E-state index is 12.5. The number of rotatable bonds is 5. The summed E-state index contributed by atoms with van der Waals surface area (Å²) in [7, 11) is 3.90. The molecule has 0 bridgehead atoms. The average molecular weight is 458 g/mol. The van der Waals surface area contributed by atoms with Crippen LogP contribution >= 0.6 is 0 Å². The number of aryl methyl sites for hydroxylation is 1. The summed E-state index contributed by atoms with van der Waals surface area (Å²) in [5, 5.41) is 9.94. The van der Waals surface area contributed by atoms with E-state index in [0.29, 0.717) is 18.4 Å². The molecule has 1 saturated heterocycles. The Kier molecular flexibility index (Phi) is 5.94. The number of hydrogen-bond donors (Lipinski definition) is 2. The number of carbonyl (C=O) groups excluding carboxylic acids is 1. The van der Waals surface area contributed by atoms with Crippen LogP contribution < -0.4 is 0 Å². The standard InChI is InChI=1S/C28H35N5O/c1-17(2)26-22-14-20(19-10-12-33(13-11-19)25(34)16-32(4)5)7-9-24(22)30-28(26)21-8-6-18(3)27-23(21)15-29-31-27/h6-9,14-15,17,19,30H,10-13,16H2,1-5H3,(H,29,31). The summed E-state index contributed by atoms with van der Waals surface area (Å²) < 4.78 is 0. The van der Waals surface area contributed by atoms with Crippen molar-refractivity contribution in [3.8, 4) is 11.3 Å². The van der Waals surface area contributed by atoms with Crippen LogP contribution in [0.15, 0.2) is 36.5 Å². The molecule has 4 aromatic rings. The summed E-state index contributed by atoms with van der Waals surface area (Å²) in [5.74, 6) is 1.11. The van der Waals surface area contributed by atoms with E-state index in [1.54, 1.807) is 0 Å². The van der Waals surface area contributed by atoms with Gasteiger partial charge < -0.3 is 14.8 Å². The molecule has 0 saturated carbocycles. The van der Waals surface area contributed by atoms with Gasteiger partial charge in [-0.25, -0.2) is 0 Å². The first kappa shape index (κ1) is 22.7. The zero-order valence-corrected chi connectivity index (χ0v) is 20.9. The Labute approximate surface area is 201 Å². The normalized spacial score (nSPS) is 15.3. The number of carbonyl (C=O) groups is 1. The number of piperidine rings is 1. The fourth-order valence-electron chi connectivity index (χ4n) is 5.52. The molecule has 1 amide bonds. The molecule has 178 valence electrons. The smallest absolute Gasteiger partial charge is 0.236 e. The molecule has 6 nitrogen and oxygen atoms in total. The third-order valence-corrected chi connectivity index (χ3v) is 7.30. The maximum atomic E-state index is 12.5. The van der Waals surface area contributed by atoms with Crippen LogP contribution in [0.3, 0.4) is 0 Å². The van der Waals surface area contributed by atoms with Crippen LogP contribution in [0.5, 0.6) is 0 Å². The summed E-state index contributed by atoms with van der Waals surface area (Å²) in [4.78, 5) is 20.2. The van der Waals surface area contributed by atoms with Gasteiger partial charge in [0.15, 0.2) is 0 Å². The Balaban J connectivity index is 1.48. The highest BCUT2D eigenvalue weighted by Gasteiger charge is 2.25. The van der Waals surface area contributed by atoms with E-state index in [4.69, 9.17) is 0 Å². The second-order valence-corrected chi connectivity index (χ2v) is 10.4. The third kappa shape index (κ3) is 4.00. The van der Waals surface area contributed by atoms with Gasteiger partial charge in [0, 0.05) is 34.9 Å². The van der Waals surface area contributed by atoms with Crippen LogP contribution in [-0.4, -0.2) is 64.6 Å². The lowest BCUT2D eigenvalue weighted by molar-refractivity contribution is -0.132. The average Bonchev–Trinajstić information content (AvgIpc) is 3.44. The van der Waals surface area contributed by atoms with E-state index in [1.165, 1.54) is 38.9 Å². The number of nitrogens with zero attached hydrogens (tertiary/aromatic N) is 3. The molecule has 2 aromatic carbocycles. The van der Waals surface area contributed by atoms with Crippen molar-refractivity contribution in [1.29, 1.82) is 0 Å². The fraction of sp³-hybridized carbons (Fsp3) is 0.429. The van der Waals surface area contributed by atoms with Crippen molar-refractivity contribution < 1.29 is 4.79 Å². The van der Waals surface area contributed by atoms with Gasteiger partial charge in [-0.15, -0.1) is 0 Å². The minimum atomic E-state index is 0.236. The number of H-pyrrole nitrogens is 2. The highest BCUT2D eigenvalue weighted by Crippen LogP contribution is 2.40. The molecule has 1 fully saturated rings. The number of aromatic amines is 2.